The van der Waals surface area contributed by atoms with Crippen molar-refractivity contribution < 1.29 is 4.79 Å². The van der Waals surface area contributed by atoms with E-state index in [4.69, 9.17) is 16.9 Å². The van der Waals surface area contributed by atoms with Gasteiger partial charge in [0.25, 0.3) is 0 Å². The molecule has 19 heavy (non-hydrogen) atoms. The molecule has 0 aliphatic carbocycles. The number of rotatable bonds is 2. The molecule has 2 aromatic rings. The lowest BCUT2D eigenvalue weighted by molar-refractivity contribution is -0.121. The van der Waals surface area contributed by atoms with Crippen LogP contribution in [-0.2, 0) is 4.79 Å². The van der Waals surface area contributed by atoms with Gasteiger partial charge in [0.15, 0.2) is 15.9 Å². The van der Waals surface area contributed by atoms with Crippen LogP contribution in [0.25, 0.3) is 11.0 Å². The van der Waals surface area contributed by atoms with Crippen molar-refractivity contribution in [2.24, 2.45) is 5.41 Å². The van der Waals surface area contributed by atoms with E-state index in [0.29, 0.717) is 10.8 Å². The lowest BCUT2D eigenvalue weighted by Gasteiger charge is -2.15. The Morgan fingerprint density at radius 1 is 1.58 bits per heavy atom. The van der Waals surface area contributed by atoms with Gasteiger partial charge in [-0.1, -0.05) is 32.4 Å². The van der Waals surface area contributed by atoms with Crippen LogP contribution in [-0.4, -0.2) is 15.2 Å². The molecule has 0 fully saturated rings. The first-order valence-electron chi connectivity index (χ1n) is 5.62. The summed E-state index contributed by atoms with van der Waals surface area (Å²) in [5.74, 6) is -0.212. The van der Waals surface area contributed by atoms with Gasteiger partial charge in [0, 0.05) is 17.0 Å². The lowest BCUT2D eigenvalue weighted by atomic mass is 9.86. The fraction of sp³-hybridized carbons (Fsp3) is 0.308. The molecule has 2 rings (SSSR count). The third kappa shape index (κ3) is 2.55. The van der Waals surface area contributed by atoms with E-state index in [1.54, 1.807) is 31.4 Å². The van der Waals surface area contributed by atoms with Gasteiger partial charge in [-0.15, -0.1) is 11.3 Å². The average molecular weight is 294 g/mol. The molecule has 0 spiro atoms. The number of aromatic nitrogens is 2. The first-order valence-corrected chi connectivity index (χ1v) is 6.88. The van der Waals surface area contributed by atoms with Gasteiger partial charge in [0.2, 0.25) is 0 Å². The number of nitrogens with zero attached hydrogens (tertiary/aromatic N) is 3. The number of fused-ring (bicyclic) bond motifs is 1. The molecule has 0 unspecified atom stereocenters. The Kier molecular flexibility index (Phi) is 3.48. The van der Waals surface area contributed by atoms with Gasteiger partial charge in [-0.3, -0.25) is 9.20 Å². The fourth-order valence-corrected chi connectivity index (χ4v) is 2.59. The molecule has 6 heteroatoms. The Morgan fingerprint density at radius 2 is 2.26 bits per heavy atom. The maximum atomic E-state index is 12.1. The second-order valence-corrected chi connectivity index (χ2v) is 6.32. The van der Waals surface area contributed by atoms with E-state index in [1.807, 2.05) is 11.4 Å². The van der Waals surface area contributed by atoms with Crippen LogP contribution in [0.4, 0.5) is 0 Å². The third-order valence-corrected chi connectivity index (χ3v) is 3.62. The molecule has 0 N–H and O–H groups in total. The van der Waals surface area contributed by atoms with Gasteiger partial charge in [-0.25, -0.2) is 4.98 Å². The minimum Gasteiger partial charge on any atom is -0.293 e. The monoisotopic (exact) mass is 293 g/mol. The summed E-state index contributed by atoms with van der Waals surface area (Å²) in [5, 5.41) is 11.3. The van der Waals surface area contributed by atoms with E-state index in [9.17, 15) is 4.79 Å². The van der Waals surface area contributed by atoms with Gasteiger partial charge in [-0.2, -0.15) is 5.26 Å². The van der Waals surface area contributed by atoms with Crippen molar-refractivity contribution in [3.05, 3.63) is 28.0 Å². The second-order valence-electron chi connectivity index (χ2n) is 5.09. The van der Waals surface area contributed by atoms with Crippen LogP contribution in [0.5, 0.6) is 0 Å². The number of ketones is 1. The van der Waals surface area contributed by atoms with Crippen molar-refractivity contribution in [3.63, 3.8) is 0 Å². The summed E-state index contributed by atoms with van der Waals surface area (Å²) >= 11 is 7.48. The lowest BCUT2D eigenvalue weighted by Crippen LogP contribution is -2.21. The van der Waals surface area contributed by atoms with Crippen molar-refractivity contribution >= 4 is 39.8 Å². The molecule has 2 aromatic heterocycles. The van der Waals surface area contributed by atoms with Gasteiger partial charge in [0.05, 0.1) is 11.3 Å². The van der Waals surface area contributed by atoms with Crippen molar-refractivity contribution in [2.75, 3.05) is 0 Å². The molecule has 4 nitrogen and oxygen atoms in total. The largest absolute Gasteiger partial charge is 0.293 e. The predicted molar refractivity (Wildman–Crippen MR) is 76.1 cm³/mol. The Morgan fingerprint density at radius 3 is 2.84 bits per heavy atom. The van der Waals surface area contributed by atoms with Crippen LogP contribution in [0.3, 0.4) is 0 Å². The summed E-state index contributed by atoms with van der Waals surface area (Å²) in [4.78, 5) is 17.0. The van der Waals surface area contributed by atoms with Crippen molar-refractivity contribution in [1.29, 1.82) is 5.26 Å². The molecule has 0 bridgehead atoms. The minimum atomic E-state index is -0.605. The molecule has 0 saturated carbocycles. The summed E-state index contributed by atoms with van der Waals surface area (Å²) in [5.41, 5.74) is 0.0430. The number of imidazole rings is 1. The number of thiazole rings is 1. The summed E-state index contributed by atoms with van der Waals surface area (Å²) in [6.45, 7) is 5.33. The van der Waals surface area contributed by atoms with Crippen LogP contribution in [0.1, 0.15) is 26.5 Å². The quantitative estimate of drug-likeness (QED) is 0.628. The number of hydrogen-bond donors (Lipinski definition) is 0. The maximum Gasteiger partial charge on any atom is 0.195 e. The Hall–Kier alpha value is -1.64. The van der Waals surface area contributed by atoms with E-state index in [1.165, 1.54) is 17.4 Å². The topological polar surface area (TPSA) is 58.2 Å². The molecule has 0 radical (unpaired) electrons. The van der Waals surface area contributed by atoms with Crippen LogP contribution in [0.2, 0.25) is 5.15 Å². The van der Waals surface area contributed by atoms with Gasteiger partial charge in [0.1, 0.15) is 6.07 Å². The molecule has 0 aliphatic heterocycles. The highest BCUT2D eigenvalue weighted by Crippen LogP contribution is 2.26. The van der Waals surface area contributed by atoms with Crippen LogP contribution >= 0.6 is 22.9 Å². The Bertz CT molecular complexity index is 712. The SMILES string of the molecule is CC(C)(C)C(=O)/C(C#N)=C/c1c(Cl)nc2sccn12. The summed E-state index contributed by atoms with van der Waals surface area (Å²) < 4.78 is 1.76. The molecule has 0 amide bonds. The highest BCUT2D eigenvalue weighted by atomic mass is 35.5. The number of hydrogen-bond acceptors (Lipinski definition) is 4. The Labute approximate surface area is 119 Å². The molecule has 0 atom stereocenters. The maximum absolute atomic E-state index is 12.1. The number of carbonyl (C=O) groups is 1. The van der Waals surface area contributed by atoms with Crippen LogP contribution < -0.4 is 0 Å². The standard InChI is InChI=1S/C13H12ClN3OS/c1-13(2,3)10(18)8(7-15)6-9-11(14)16-12-17(9)4-5-19-12/h4-6H,1-3H3/b8-6+. The molecular weight excluding hydrogens is 282 g/mol. The highest BCUT2D eigenvalue weighted by Gasteiger charge is 2.25. The van der Waals surface area contributed by atoms with Crippen LogP contribution in [0, 0.1) is 16.7 Å². The zero-order valence-corrected chi connectivity index (χ0v) is 12.3. The first-order chi connectivity index (χ1) is 8.84. The number of carbonyl (C=O) groups excluding carboxylic acids is 1. The van der Waals surface area contributed by atoms with Crippen molar-refractivity contribution in [1.82, 2.24) is 9.38 Å². The number of halogens is 1. The second kappa shape index (κ2) is 4.80. The molecule has 98 valence electrons. The number of Topliss-reactive ketones (excluding diaryl/α,β-unsaturated/α-hetero) is 1. The third-order valence-electron chi connectivity index (χ3n) is 2.58. The zero-order chi connectivity index (χ0) is 14.2. The summed E-state index contributed by atoms with van der Waals surface area (Å²) in [6, 6.07) is 1.95. The predicted octanol–water partition coefficient (Wildman–Crippen LogP) is 3.57. The average Bonchev–Trinajstić information content (AvgIpc) is 2.86. The summed E-state index contributed by atoms with van der Waals surface area (Å²) in [6.07, 6.45) is 3.31. The van der Waals surface area contributed by atoms with E-state index in [2.05, 4.69) is 4.98 Å². The zero-order valence-electron chi connectivity index (χ0n) is 10.8. The van der Waals surface area contributed by atoms with Crippen LogP contribution in [0.15, 0.2) is 17.2 Å². The van der Waals surface area contributed by atoms with E-state index in [-0.39, 0.29) is 11.4 Å². The first kappa shape index (κ1) is 13.8. The normalized spacial score (nSPS) is 12.7. The van der Waals surface area contributed by atoms with Gasteiger partial charge in [-0.05, 0) is 6.08 Å². The molecular formula is C13H12ClN3OS. The summed E-state index contributed by atoms with van der Waals surface area (Å²) in [7, 11) is 0. The van der Waals surface area contributed by atoms with Gasteiger partial charge >= 0.3 is 0 Å². The van der Waals surface area contributed by atoms with E-state index >= 15 is 0 Å². The smallest absolute Gasteiger partial charge is 0.195 e. The van der Waals surface area contributed by atoms with E-state index < -0.39 is 5.41 Å². The fourth-order valence-electron chi connectivity index (χ4n) is 1.60. The Balaban J connectivity index is 2.55. The molecule has 0 aromatic carbocycles. The number of nitriles is 1. The molecule has 0 aliphatic rings. The van der Waals surface area contributed by atoms with Crippen molar-refractivity contribution in [2.45, 2.75) is 20.8 Å². The number of allylic oxidation sites excluding steroid dienone is 1. The molecule has 0 saturated heterocycles. The van der Waals surface area contributed by atoms with Gasteiger partial charge < -0.3 is 0 Å². The van der Waals surface area contributed by atoms with Crippen molar-refractivity contribution in [3.8, 4) is 6.07 Å². The molecule has 2 heterocycles. The minimum absolute atomic E-state index is 0.0856. The highest BCUT2D eigenvalue weighted by molar-refractivity contribution is 7.15. The van der Waals surface area contributed by atoms with E-state index in [0.717, 1.165) is 4.96 Å².